The second-order valence-corrected chi connectivity index (χ2v) is 6.38. The molecule has 0 aliphatic heterocycles. The molecule has 0 fully saturated rings. The summed E-state index contributed by atoms with van der Waals surface area (Å²) < 4.78 is 1.54. The molecule has 7 nitrogen and oxygen atoms in total. The summed E-state index contributed by atoms with van der Waals surface area (Å²) >= 11 is 0. The van der Waals surface area contributed by atoms with Gasteiger partial charge >= 0.3 is 0 Å². The zero-order valence-electron chi connectivity index (χ0n) is 14.4. The standard InChI is InChI=1S/C19H17N5O2/c1-11(2)12-7-9-13(10-8-12)20-19(26)16-17-21-18(25)14-5-3-4-6-15(14)24(17)23-22-16/h3-11,23H,1-2H3,(H,20,26). The Bertz CT molecular complexity index is 1170. The van der Waals surface area contributed by atoms with Gasteiger partial charge in [-0.3, -0.25) is 9.59 Å². The second kappa shape index (κ2) is 6.11. The molecule has 2 aromatic carbocycles. The van der Waals surface area contributed by atoms with E-state index in [0.717, 1.165) is 0 Å². The van der Waals surface area contributed by atoms with Gasteiger partial charge in [0.25, 0.3) is 11.5 Å². The number of rotatable bonds is 3. The lowest BCUT2D eigenvalue weighted by molar-refractivity contribution is 0.102. The van der Waals surface area contributed by atoms with Gasteiger partial charge in [-0.25, -0.2) is 9.73 Å². The van der Waals surface area contributed by atoms with Crippen LogP contribution in [-0.2, 0) is 0 Å². The monoisotopic (exact) mass is 347 g/mol. The van der Waals surface area contributed by atoms with Gasteiger partial charge in [-0.2, -0.15) is 4.98 Å². The highest BCUT2D eigenvalue weighted by Gasteiger charge is 2.18. The molecule has 130 valence electrons. The van der Waals surface area contributed by atoms with Gasteiger partial charge in [0.05, 0.1) is 10.9 Å². The highest BCUT2D eigenvalue weighted by atomic mass is 16.2. The van der Waals surface area contributed by atoms with Crippen LogP contribution in [-0.4, -0.2) is 25.7 Å². The first-order valence-electron chi connectivity index (χ1n) is 8.32. The molecule has 2 heterocycles. The first-order chi connectivity index (χ1) is 12.5. The number of amides is 1. The van der Waals surface area contributed by atoms with E-state index in [1.807, 2.05) is 30.3 Å². The molecular formula is C19H17N5O2. The molecule has 0 aliphatic carbocycles. The number of carbonyl (C=O) groups is 1. The largest absolute Gasteiger partial charge is 0.320 e. The Kier molecular flexibility index (Phi) is 3.76. The van der Waals surface area contributed by atoms with Gasteiger partial charge in [-0.15, -0.1) is 5.10 Å². The quantitative estimate of drug-likeness (QED) is 0.596. The Morgan fingerprint density at radius 1 is 1.12 bits per heavy atom. The number of nitrogens with zero attached hydrogens (tertiary/aromatic N) is 3. The molecule has 0 saturated heterocycles. The Balaban J connectivity index is 1.72. The topological polar surface area (TPSA) is 92.2 Å². The molecule has 2 aromatic heterocycles. The molecule has 7 heteroatoms. The molecule has 4 rings (SSSR count). The van der Waals surface area contributed by atoms with Gasteiger partial charge in [0.1, 0.15) is 0 Å². The predicted molar refractivity (Wildman–Crippen MR) is 99.6 cm³/mol. The molecule has 1 amide bonds. The number of nitrogens with one attached hydrogen (secondary N) is 2. The number of hydrogen-bond donors (Lipinski definition) is 2. The molecule has 0 bridgehead atoms. The van der Waals surface area contributed by atoms with Crippen LogP contribution < -0.4 is 10.9 Å². The van der Waals surface area contributed by atoms with E-state index in [0.29, 0.717) is 22.5 Å². The lowest BCUT2D eigenvalue weighted by atomic mass is 10.0. The number of fused-ring (bicyclic) bond motifs is 3. The number of hydrogen-bond acceptors (Lipinski definition) is 4. The van der Waals surface area contributed by atoms with Crippen LogP contribution in [0.4, 0.5) is 5.69 Å². The fourth-order valence-corrected chi connectivity index (χ4v) is 2.87. The number of aromatic amines is 1. The Hall–Kier alpha value is -3.48. The molecule has 26 heavy (non-hydrogen) atoms. The zero-order valence-corrected chi connectivity index (χ0v) is 14.4. The molecule has 0 aliphatic rings. The summed E-state index contributed by atoms with van der Waals surface area (Å²) in [7, 11) is 0. The third-order valence-electron chi connectivity index (χ3n) is 4.32. The van der Waals surface area contributed by atoms with Crippen LogP contribution in [0.5, 0.6) is 0 Å². The molecule has 0 radical (unpaired) electrons. The van der Waals surface area contributed by atoms with Crippen LogP contribution in [0.1, 0.15) is 35.8 Å². The Morgan fingerprint density at radius 2 is 1.85 bits per heavy atom. The number of carbonyl (C=O) groups excluding carboxylic acids is 1. The first kappa shape index (κ1) is 16.0. The number of benzene rings is 2. The smallest absolute Gasteiger partial charge is 0.281 e. The van der Waals surface area contributed by atoms with Crippen molar-refractivity contribution in [1.29, 1.82) is 0 Å². The van der Waals surface area contributed by atoms with Crippen LogP contribution >= 0.6 is 0 Å². The number of anilines is 1. The minimum absolute atomic E-state index is 0.0702. The Morgan fingerprint density at radius 3 is 2.58 bits per heavy atom. The Labute approximate surface area is 148 Å². The van der Waals surface area contributed by atoms with Crippen molar-refractivity contribution >= 4 is 28.1 Å². The molecular weight excluding hydrogens is 330 g/mol. The SMILES string of the molecule is CC(C)c1ccc(NC(=O)c2n[nH]n3c2nc(=O)c2ccccc23)cc1. The van der Waals surface area contributed by atoms with Crippen LogP contribution in [0.3, 0.4) is 0 Å². The molecule has 0 atom stereocenters. The highest BCUT2D eigenvalue weighted by Crippen LogP contribution is 2.18. The normalized spacial score (nSPS) is 11.3. The second-order valence-electron chi connectivity index (χ2n) is 6.38. The van der Waals surface area contributed by atoms with E-state index in [-0.39, 0.29) is 11.3 Å². The van der Waals surface area contributed by atoms with Crippen molar-refractivity contribution in [3.05, 3.63) is 70.1 Å². The molecule has 0 unspecified atom stereocenters. The highest BCUT2D eigenvalue weighted by molar-refractivity contribution is 6.07. The van der Waals surface area contributed by atoms with Crippen molar-refractivity contribution in [3.8, 4) is 0 Å². The molecule has 4 aromatic rings. The lowest BCUT2D eigenvalue weighted by Gasteiger charge is -2.07. The maximum Gasteiger partial charge on any atom is 0.281 e. The maximum atomic E-state index is 12.6. The third-order valence-corrected chi connectivity index (χ3v) is 4.32. The van der Waals surface area contributed by atoms with E-state index in [2.05, 4.69) is 34.5 Å². The average molecular weight is 347 g/mol. The van der Waals surface area contributed by atoms with Crippen LogP contribution in [0, 0.1) is 0 Å². The van der Waals surface area contributed by atoms with Crippen molar-refractivity contribution in [2.75, 3.05) is 5.32 Å². The van der Waals surface area contributed by atoms with E-state index in [4.69, 9.17) is 0 Å². The molecule has 0 saturated carbocycles. The van der Waals surface area contributed by atoms with Crippen LogP contribution in [0.2, 0.25) is 0 Å². The summed E-state index contributed by atoms with van der Waals surface area (Å²) in [5.41, 5.74) is 2.34. The zero-order chi connectivity index (χ0) is 18.3. The first-order valence-corrected chi connectivity index (χ1v) is 8.32. The summed E-state index contributed by atoms with van der Waals surface area (Å²) in [5.74, 6) is -0.0115. The maximum absolute atomic E-state index is 12.6. The fraction of sp³-hybridized carbons (Fsp3) is 0.158. The van der Waals surface area contributed by atoms with Gasteiger partial charge < -0.3 is 5.32 Å². The summed E-state index contributed by atoms with van der Waals surface area (Å²) in [5, 5.41) is 10.1. The van der Waals surface area contributed by atoms with Crippen molar-refractivity contribution in [2.24, 2.45) is 0 Å². The van der Waals surface area contributed by atoms with Gasteiger partial charge in [-0.05, 0) is 35.7 Å². The molecule has 0 spiro atoms. The number of H-pyrrole nitrogens is 1. The number of aromatic nitrogens is 4. The summed E-state index contributed by atoms with van der Waals surface area (Å²) in [4.78, 5) is 28.9. The third kappa shape index (κ3) is 2.63. The van der Waals surface area contributed by atoms with E-state index in [1.165, 1.54) is 10.1 Å². The van der Waals surface area contributed by atoms with Crippen molar-refractivity contribution in [3.63, 3.8) is 0 Å². The minimum Gasteiger partial charge on any atom is -0.320 e. The van der Waals surface area contributed by atoms with Gasteiger partial charge in [-0.1, -0.05) is 38.1 Å². The van der Waals surface area contributed by atoms with Crippen molar-refractivity contribution in [2.45, 2.75) is 19.8 Å². The van der Waals surface area contributed by atoms with Crippen molar-refractivity contribution < 1.29 is 4.79 Å². The summed E-state index contributed by atoms with van der Waals surface area (Å²) in [6, 6.07) is 14.7. The summed E-state index contributed by atoms with van der Waals surface area (Å²) in [6.45, 7) is 4.22. The predicted octanol–water partition coefficient (Wildman–Crippen LogP) is 2.95. The van der Waals surface area contributed by atoms with E-state index in [1.54, 1.807) is 18.2 Å². The number of para-hydroxylation sites is 1. The van der Waals surface area contributed by atoms with E-state index < -0.39 is 11.5 Å². The lowest BCUT2D eigenvalue weighted by Crippen LogP contribution is -2.16. The fourth-order valence-electron chi connectivity index (χ4n) is 2.87. The average Bonchev–Trinajstić information content (AvgIpc) is 3.06. The van der Waals surface area contributed by atoms with Crippen LogP contribution in [0.25, 0.3) is 16.6 Å². The van der Waals surface area contributed by atoms with Crippen molar-refractivity contribution in [1.82, 2.24) is 19.8 Å². The van der Waals surface area contributed by atoms with Gasteiger partial charge in [0.2, 0.25) is 0 Å². The van der Waals surface area contributed by atoms with Crippen LogP contribution in [0.15, 0.2) is 53.3 Å². The van der Waals surface area contributed by atoms with Gasteiger partial charge in [0, 0.05) is 5.69 Å². The van der Waals surface area contributed by atoms with Gasteiger partial charge in [0.15, 0.2) is 11.3 Å². The summed E-state index contributed by atoms with van der Waals surface area (Å²) in [6.07, 6.45) is 0. The van der Waals surface area contributed by atoms with E-state index >= 15 is 0 Å². The minimum atomic E-state index is -0.428. The van der Waals surface area contributed by atoms with E-state index in [9.17, 15) is 9.59 Å². The molecule has 2 N–H and O–H groups in total.